The molecule has 0 aliphatic carbocycles. The highest BCUT2D eigenvalue weighted by molar-refractivity contribution is 6.01. The van der Waals surface area contributed by atoms with E-state index < -0.39 is 17.1 Å². The Morgan fingerprint density at radius 1 is 1.27 bits per heavy atom. The minimum atomic E-state index is -0.688. The summed E-state index contributed by atoms with van der Waals surface area (Å²) in [5.41, 5.74) is 0.411. The molecule has 0 spiro atoms. The lowest BCUT2D eigenvalue weighted by molar-refractivity contribution is 0.0393. The number of aromatic hydroxyl groups is 1. The summed E-state index contributed by atoms with van der Waals surface area (Å²) in [5, 5.41) is 17.1. The van der Waals surface area contributed by atoms with E-state index in [-0.39, 0.29) is 5.56 Å². The molecule has 1 fully saturated rings. The lowest BCUT2D eigenvalue weighted by atomic mass is 10.1. The van der Waals surface area contributed by atoms with E-state index in [2.05, 4.69) is 10.1 Å². The number of hydrazone groups is 1. The number of aromatic nitrogens is 2. The third kappa shape index (κ3) is 3.41. The van der Waals surface area contributed by atoms with E-state index in [9.17, 15) is 14.7 Å². The van der Waals surface area contributed by atoms with Crippen molar-refractivity contribution in [3.8, 4) is 11.6 Å². The number of aryl methyl sites for hydroxylation is 1. The van der Waals surface area contributed by atoms with Gasteiger partial charge in [-0.25, -0.2) is 9.36 Å². The number of nitrogens with zero attached hydrogens (tertiary/aromatic N) is 3. The molecule has 8 nitrogen and oxygen atoms in total. The fourth-order valence-corrected chi connectivity index (χ4v) is 2.94. The molecule has 0 atom stereocenters. The molecule has 2 aromatic rings. The molecule has 1 aromatic carbocycles. The van der Waals surface area contributed by atoms with E-state index in [1.54, 1.807) is 12.1 Å². The normalized spacial score (nSPS) is 15.3. The number of H-pyrrole nitrogens is 1. The van der Waals surface area contributed by atoms with Gasteiger partial charge in [-0.2, -0.15) is 5.10 Å². The molecule has 0 unspecified atom stereocenters. The van der Waals surface area contributed by atoms with Gasteiger partial charge >= 0.3 is 5.69 Å². The maximum Gasteiger partial charge on any atom is 0.335 e. The summed E-state index contributed by atoms with van der Waals surface area (Å²) >= 11 is 0. The van der Waals surface area contributed by atoms with Gasteiger partial charge in [0.25, 0.3) is 5.56 Å². The van der Waals surface area contributed by atoms with Crippen LogP contribution in [-0.4, -0.2) is 51.7 Å². The van der Waals surface area contributed by atoms with E-state index in [0.29, 0.717) is 44.1 Å². The van der Waals surface area contributed by atoms with Crippen LogP contribution in [0.3, 0.4) is 0 Å². The third-order valence-corrected chi connectivity index (χ3v) is 4.32. The van der Waals surface area contributed by atoms with Gasteiger partial charge in [0.1, 0.15) is 5.56 Å². The van der Waals surface area contributed by atoms with Crippen molar-refractivity contribution in [1.29, 1.82) is 0 Å². The second-order valence-corrected chi connectivity index (χ2v) is 6.05. The van der Waals surface area contributed by atoms with Crippen molar-refractivity contribution >= 4 is 5.71 Å². The van der Waals surface area contributed by atoms with Crippen molar-refractivity contribution in [1.82, 2.24) is 14.6 Å². The standard InChI is InChI=1S/C18H22N4O4/c1-3-13(20-21-8-10-26-11-9-21)15-16(23)19-18(25)22(17(15)24)14-7-5-4-6-12(14)2/h4-7,24H,3,8-11H2,1-2H3,(H,19,23,25)/b20-13+. The summed E-state index contributed by atoms with van der Waals surface area (Å²) in [5.74, 6) is -0.401. The first kappa shape index (κ1) is 17.9. The van der Waals surface area contributed by atoms with Crippen LogP contribution in [0.2, 0.25) is 0 Å². The summed E-state index contributed by atoms with van der Waals surface area (Å²) in [7, 11) is 0. The number of hydrogen-bond acceptors (Lipinski definition) is 6. The summed E-state index contributed by atoms with van der Waals surface area (Å²) in [6, 6.07) is 7.14. The third-order valence-electron chi connectivity index (χ3n) is 4.32. The Bertz CT molecular complexity index is 939. The summed E-state index contributed by atoms with van der Waals surface area (Å²) < 4.78 is 6.41. The fourth-order valence-electron chi connectivity index (χ4n) is 2.94. The second kappa shape index (κ2) is 7.57. The Morgan fingerprint density at radius 3 is 2.62 bits per heavy atom. The maximum atomic E-state index is 12.4. The van der Waals surface area contributed by atoms with Crippen LogP contribution in [0.15, 0.2) is 39.0 Å². The van der Waals surface area contributed by atoms with Crippen molar-refractivity contribution < 1.29 is 9.84 Å². The first-order valence-electron chi connectivity index (χ1n) is 8.57. The molecule has 2 N–H and O–H groups in total. The molecule has 8 heteroatoms. The molecule has 0 saturated carbocycles. The highest BCUT2D eigenvalue weighted by atomic mass is 16.5. The number of ether oxygens (including phenoxy) is 1. The van der Waals surface area contributed by atoms with Gasteiger partial charge in [-0.1, -0.05) is 25.1 Å². The molecule has 3 rings (SSSR count). The smallest absolute Gasteiger partial charge is 0.335 e. The van der Waals surface area contributed by atoms with E-state index in [1.807, 2.05) is 31.0 Å². The SMILES string of the molecule is CC/C(=N\N1CCOCC1)c1c(O)n(-c2ccccc2C)c(=O)[nH]c1=O. The molecular weight excluding hydrogens is 336 g/mol. The molecule has 0 amide bonds. The van der Waals surface area contributed by atoms with Crippen molar-refractivity contribution in [3.05, 3.63) is 56.2 Å². The zero-order valence-electron chi connectivity index (χ0n) is 14.9. The quantitative estimate of drug-likeness (QED) is 0.794. The largest absolute Gasteiger partial charge is 0.493 e. The Balaban J connectivity index is 2.17. The first-order valence-corrected chi connectivity index (χ1v) is 8.57. The molecule has 1 aromatic heterocycles. The van der Waals surface area contributed by atoms with Gasteiger partial charge in [0, 0.05) is 0 Å². The van der Waals surface area contributed by atoms with E-state index in [4.69, 9.17) is 4.74 Å². The average molecular weight is 358 g/mol. The Labute approximate surface area is 150 Å². The van der Waals surface area contributed by atoms with Crippen LogP contribution in [0.5, 0.6) is 5.88 Å². The Hall–Kier alpha value is -2.87. The zero-order valence-corrected chi connectivity index (χ0v) is 14.9. The van der Waals surface area contributed by atoms with Crippen molar-refractivity contribution in [2.45, 2.75) is 20.3 Å². The van der Waals surface area contributed by atoms with E-state index in [0.717, 1.165) is 10.1 Å². The number of nitrogens with one attached hydrogen (secondary N) is 1. The predicted molar refractivity (Wildman–Crippen MR) is 98.3 cm³/mol. The predicted octanol–water partition coefficient (Wildman–Crippen LogP) is 0.986. The average Bonchev–Trinajstić information content (AvgIpc) is 2.63. The lowest BCUT2D eigenvalue weighted by Gasteiger charge is -2.25. The van der Waals surface area contributed by atoms with Gasteiger partial charge in [-0.3, -0.25) is 14.8 Å². The van der Waals surface area contributed by atoms with Crippen molar-refractivity contribution in [2.24, 2.45) is 5.10 Å². The van der Waals surface area contributed by atoms with E-state index >= 15 is 0 Å². The Kier molecular flexibility index (Phi) is 5.22. The summed E-state index contributed by atoms with van der Waals surface area (Å²) in [6.07, 6.45) is 0.431. The van der Waals surface area contributed by atoms with Gasteiger partial charge < -0.3 is 9.84 Å². The fraction of sp³-hybridized carbons (Fsp3) is 0.389. The van der Waals surface area contributed by atoms with Crippen LogP contribution >= 0.6 is 0 Å². The van der Waals surface area contributed by atoms with Gasteiger partial charge in [-0.15, -0.1) is 0 Å². The minimum absolute atomic E-state index is 0.0156. The van der Waals surface area contributed by atoms with Crippen LogP contribution < -0.4 is 11.2 Å². The number of rotatable bonds is 4. The van der Waals surface area contributed by atoms with E-state index in [1.165, 1.54) is 0 Å². The van der Waals surface area contributed by atoms with Crippen LogP contribution in [0.25, 0.3) is 5.69 Å². The topological polar surface area (TPSA) is 99.9 Å². The molecule has 138 valence electrons. The Morgan fingerprint density at radius 2 is 1.96 bits per heavy atom. The molecule has 0 radical (unpaired) electrons. The first-order chi connectivity index (χ1) is 12.5. The maximum absolute atomic E-state index is 12.4. The minimum Gasteiger partial charge on any atom is -0.493 e. The highest BCUT2D eigenvalue weighted by Gasteiger charge is 2.21. The molecular formula is C18H22N4O4. The van der Waals surface area contributed by atoms with Crippen LogP contribution in [0, 0.1) is 6.92 Å². The summed E-state index contributed by atoms with van der Waals surface area (Å²) in [6.45, 7) is 6.02. The van der Waals surface area contributed by atoms with Gasteiger partial charge in [0.15, 0.2) is 0 Å². The number of benzene rings is 1. The van der Waals surface area contributed by atoms with Crippen LogP contribution in [0.4, 0.5) is 0 Å². The number of hydrogen-bond donors (Lipinski definition) is 2. The second-order valence-electron chi connectivity index (χ2n) is 6.05. The van der Waals surface area contributed by atoms with Crippen LogP contribution in [0.1, 0.15) is 24.5 Å². The number of morpholine rings is 1. The number of aromatic amines is 1. The molecule has 1 aliphatic rings. The van der Waals surface area contributed by atoms with Crippen molar-refractivity contribution in [2.75, 3.05) is 26.3 Å². The number of para-hydroxylation sites is 1. The van der Waals surface area contributed by atoms with Crippen LogP contribution in [-0.2, 0) is 4.74 Å². The molecule has 26 heavy (non-hydrogen) atoms. The monoisotopic (exact) mass is 358 g/mol. The molecule has 1 aliphatic heterocycles. The molecule has 0 bridgehead atoms. The van der Waals surface area contributed by atoms with Crippen molar-refractivity contribution in [3.63, 3.8) is 0 Å². The van der Waals surface area contributed by atoms with Gasteiger partial charge in [0.05, 0.1) is 37.7 Å². The van der Waals surface area contributed by atoms with Gasteiger partial charge in [-0.05, 0) is 25.0 Å². The lowest BCUT2D eigenvalue weighted by Crippen LogP contribution is -2.36. The molecule has 2 heterocycles. The highest BCUT2D eigenvalue weighted by Crippen LogP contribution is 2.20. The van der Waals surface area contributed by atoms with Gasteiger partial charge in [0.2, 0.25) is 5.88 Å². The summed E-state index contributed by atoms with van der Waals surface area (Å²) in [4.78, 5) is 27.1. The zero-order chi connectivity index (χ0) is 18.7. The molecule has 1 saturated heterocycles.